The lowest BCUT2D eigenvalue weighted by Gasteiger charge is -2.27. The van der Waals surface area contributed by atoms with Gasteiger partial charge in [0.25, 0.3) is 0 Å². The average molecular weight is 321 g/mol. The summed E-state index contributed by atoms with van der Waals surface area (Å²) in [4.78, 5) is 22.5. The van der Waals surface area contributed by atoms with E-state index < -0.39 is 5.97 Å². The molecule has 5 heteroatoms. The minimum Gasteiger partial charge on any atom is -0.481 e. The number of thioether (sulfide) groups is 1. The molecule has 0 radical (unpaired) electrons. The van der Waals surface area contributed by atoms with Crippen LogP contribution in [0.4, 0.5) is 0 Å². The quantitative estimate of drug-likeness (QED) is 0.845. The third-order valence-electron chi connectivity index (χ3n) is 3.94. The molecule has 1 amide bonds. The molecule has 0 saturated carbocycles. The van der Waals surface area contributed by atoms with Crippen LogP contribution in [0.15, 0.2) is 18.2 Å². The minimum absolute atomic E-state index is 0.0355. The number of carbonyl (C=O) groups excluding carboxylic acids is 1. The van der Waals surface area contributed by atoms with Crippen LogP contribution >= 0.6 is 11.8 Å². The second kappa shape index (κ2) is 7.68. The smallest absolute Gasteiger partial charge is 0.313 e. The molecule has 1 aromatic rings. The van der Waals surface area contributed by atoms with Crippen LogP contribution in [0.25, 0.3) is 0 Å². The van der Waals surface area contributed by atoms with E-state index >= 15 is 0 Å². The van der Waals surface area contributed by atoms with Crippen molar-refractivity contribution in [3.8, 4) is 0 Å². The van der Waals surface area contributed by atoms with Crippen LogP contribution < -0.4 is 5.32 Å². The Bertz CT molecular complexity index is 557. The van der Waals surface area contributed by atoms with Gasteiger partial charge in [0, 0.05) is 0 Å². The summed E-state index contributed by atoms with van der Waals surface area (Å²) in [7, 11) is 0. The molecule has 4 nitrogen and oxygen atoms in total. The number of hydrogen-bond donors (Lipinski definition) is 2. The van der Waals surface area contributed by atoms with Crippen molar-refractivity contribution >= 4 is 23.6 Å². The number of aliphatic carboxylic acids is 1. The Labute approximate surface area is 135 Å². The zero-order valence-corrected chi connectivity index (χ0v) is 13.9. The SMILES string of the molecule is CC(C)c1ccc2c(c1)[C@H](NC(=O)CSCC(=O)O)CCC2. The molecule has 0 fully saturated rings. The van der Waals surface area contributed by atoms with E-state index in [0.29, 0.717) is 5.92 Å². The molecule has 2 N–H and O–H groups in total. The Hall–Kier alpha value is -1.49. The molecule has 22 heavy (non-hydrogen) atoms. The summed E-state index contributed by atoms with van der Waals surface area (Å²) < 4.78 is 0. The standard InChI is InChI=1S/C17H23NO3S/c1-11(2)13-7-6-12-4-3-5-15(14(12)8-13)18-16(19)9-22-10-17(20)21/h6-8,11,15H,3-5,9-10H2,1-2H3,(H,18,19)(H,20,21)/t15-/m1/s1. The van der Waals surface area contributed by atoms with Crippen molar-refractivity contribution < 1.29 is 14.7 Å². The Balaban J connectivity index is 2.03. The van der Waals surface area contributed by atoms with E-state index in [0.717, 1.165) is 31.0 Å². The van der Waals surface area contributed by atoms with Crippen LogP contribution in [-0.4, -0.2) is 28.5 Å². The first kappa shape index (κ1) is 16.9. The molecule has 0 aliphatic heterocycles. The molecule has 0 heterocycles. The van der Waals surface area contributed by atoms with Gasteiger partial charge >= 0.3 is 5.97 Å². The largest absolute Gasteiger partial charge is 0.481 e. The van der Waals surface area contributed by atoms with Gasteiger partial charge in [0.1, 0.15) is 0 Å². The zero-order valence-electron chi connectivity index (χ0n) is 13.1. The van der Waals surface area contributed by atoms with Gasteiger partial charge < -0.3 is 10.4 Å². The molecule has 0 spiro atoms. The number of carbonyl (C=O) groups is 2. The van der Waals surface area contributed by atoms with Gasteiger partial charge in [-0.1, -0.05) is 32.0 Å². The molecule has 120 valence electrons. The van der Waals surface area contributed by atoms with Crippen molar-refractivity contribution in [2.45, 2.75) is 45.1 Å². The van der Waals surface area contributed by atoms with Crippen LogP contribution in [0.3, 0.4) is 0 Å². The van der Waals surface area contributed by atoms with Crippen molar-refractivity contribution in [1.29, 1.82) is 0 Å². The van der Waals surface area contributed by atoms with Crippen LogP contribution in [0.1, 0.15) is 55.3 Å². The Morgan fingerprint density at radius 3 is 2.82 bits per heavy atom. The fourth-order valence-corrected chi connectivity index (χ4v) is 3.34. The highest BCUT2D eigenvalue weighted by atomic mass is 32.2. The van der Waals surface area contributed by atoms with E-state index in [1.165, 1.54) is 16.7 Å². The third-order valence-corrected chi connectivity index (χ3v) is 4.86. The zero-order chi connectivity index (χ0) is 16.1. The van der Waals surface area contributed by atoms with Gasteiger partial charge in [-0.2, -0.15) is 0 Å². The molecule has 2 rings (SSSR count). The lowest BCUT2D eigenvalue weighted by atomic mass is 9.85. The van der Waals surface area contributed by atoms with Crippen molar-refractivity contribution in [1.82, 2.24) is 5.32 Å². The Kier molecular flexibility index (Phi) is 5.89. The predicted octanol–water partition coefficient (Wildman–Crippen LogP) is 3.12. The van der Waals surface area contributed by atoms with Gasteiger partial charge in [0.15, 0.2) is 0 Å². The van der Waals surface area contributed by atoms with Gasteiger partial charge in [-0.3, -0.25) is 9.59 Å². The van der Waals surface area contributed by atoms with Gasteiger partial charge in [0.05, 0.1) is 17.5 Å². The van der Waals surface area contributed by atoms with Crippen molar-refractivity contribution in [2.24, 2.45) is 0 Å². The van der Waals surface area contributed by atoms with Crippen molar-refractivity contribution in [2.75, 3.05) is 11.5 Å². The number of hydrogen-bond acceptors (Lipinski definition) is 3. The molecule has 0 aromatic heterocycles. The highest BCUT2D eigenvalue weighted by Crippen LogP contribution is 2.32. The van der Waals surface area contributed by atoms with Gasteiger partial charge in [-0.25, -0.2) is 0 Å². The number of aryl methyl sites for hydroxylation is 1. The molecule has 1 aliphatic carbocycles. The third kappa shape index (κ3) is 4.50. The highest BCUT2D eigenvalue weighted by Gasteiger charge is 2.22. The summed E-state index contributed by atoms with van der Waals surface area (Å²) in [6.07, 6.45) is 3.08. The highest BCUT2D eigenvalue weighted by molar-refractivity contribution is 8.00. The fourth-order valence-electron chi connectivity index (χ4n) is 2.79. The van der Waals surface area contributed by atoms with Crippen molar-refractivity contribution in [3.05, 3.63) is 34.9 Å². The lowest BCUT2D eigenvalue weighted by molar-refractivity contribution is -0.133. The first-order valence-electron chi connectivity index (χ1n) is 7.69. The number of carboxylic acid groups (broad SMARTS) is 1. The number of carboxylic acids is 1. The lowest BCUT2D eigenvalue weighted by Crippen LogP contribution is -2.32. The second-order valence-electron chi connectivity index (χ2n) is 6.01. The molecular formula is C17H23NO3S. The van der Waals surface area contributed by atoms with Crippen LogP contribution in [0, 0.1) is 0 Å². The van der Waals surface area contributed by atoms with Gasteiger partial charge in [-0.15, -0.1) is 11.8 Å². The topological polar surface area (TPSA) is 66.4 Å². The molecule has 1 atom stereocenters. The number of nitrogens with one attached hydrogen (secondary N) is 1. The Morgan fingerprint density at radius 2 is 2.14 bits per heavy atom. The summed E-state index contributed by atoms with van der Waals surface area (Å²) in [6.45, 7) is 4.33. The van der Waals surface area contributed by atoms with E-state index in [1.807, 2.05) is 0 Å². The van der Waals surface area contributed by atoms with E-state index in [4.69, 9.17) is 5.11 Å². The first-order chi connectivity index (χ1) is 10.5. The maximum absolute atomic E-state index is 12.0. The Morgan fingerprint density at radius 1 is 1.36 bits per heavy atom. The molecule has 1 aliphatic rings. The maximum Gasteiger partial charge on any atom is 0.313 e. The minimum atomic E-state index is -0.887. The van der Waals surface area contributed by atoms with E-state index in [9.17, 15) is 9.59 Å². The molecule has 0 unspecified atom stereocenters. The van der Waals surface area contributed by atoms with Gasteiger partial charge in [-0.05, 0) is 41.9 Å². The molecule has 1 aromatic carbocycles. The molecule has 0 bridgehead atoms. The summed E-state index contributed by atoms with van der Waals surface area (Å²) in [5.74, 6) is -0.343. The van der Waals surface area contributed by atoms with Crippen LogP contribution in [0.2, 0.25) is 0 Å². The van der Waals surface area contributed by atoms with Gasteiger partial charge in [0.2, 0.25) is 5.91 Å². The maximum atomic E-state index is 12.0. The van der Waals surface area contributed by atoms with Crippen LogP contribution in [-0.2, 0) is 16.0 Å². The fraction of sp³-hybridized carbons (Fsp3) is 0.529. The number of benzene rings is 1. The number of amides is 1. The van der Waals surface area contributed by atoms with E-state index in [2.05, 4.69) is 37.4 Å². The summed E-state index contributed by atoms with van der Waals surface area (Å²) in [6, 6.07) is 6.63. The monoisotopic (exact) mass is 321 g/mol. The van der Waals surface area contributed by atoms with Crippen LogP contribution in [0.5, 0.6) is 0 Å². The first-order valence-corrected chi connectivity index (χ1v) is 8.84. The summed E-state index contributed by atoms with van der Waals surface area (Å²) in [5.41, 5.74) is 3.84. The molecule has 0 saturated heterocycles. The van der Waals surface area contributed by atoms with E-state index in [1.54, 1.807) is 0 Å². The predicted molar refractivity (Wildman–Crippen MR) is 89.3 cm³/mol. The number of rotatable bonds is 6. The number of fused-ring (bicyclic) bond motifs is 1. The second-order valence-corrected chi connectivity index (χ2v) is 7.00. The summed E-state index contributed by atoms with van der Waals surface area (Å²) in [5, 5.41) is 11.7. The van der Waals surface area contributed by atoms with Crippen molar-refractivity contribution in [3.63, 3.8) is 0 Å². The summed E-state index contributed by atoms with van der Waals surface area (Å²) >= 11 is 1.14. The average Bonchev–Trinajstić information content (AvgIpc) is 2.46. The normalized spacial score (nSPS) is 17.1. The molecular weight excluding hydrogens is 298 g/mol. The van der Waals surface area contributed by atoms with E-state index in [-0.39, 0.29) is 23.5 Å².